The quantitative estimate of drug-likeness (QED) is 0.112. The minimum absolute atomic E-state index is 0.000133. The molecule has 5 saturated heterocycles. The number of carbonyl (C=O) groups excluding carboxylic acids is 1. The fourth-order valence-electron chi connectivity index (χ4n) is 12.3. The van der Waals surface area contributed by atoms with Crippen molar-refractivity contribution in [2.75, 3.05) is 20.8 Å². The first-order valence-electron chi connectivity index (χ1n) is 29.0. The van der Waals surface area contributed by atoms with Gasteiger partial charge in [0.05, 0.1) is 61.5 Å². The highest BCUT2D eigenvalue weighted by atomic mass is 28.4. The van der Waals surface area contributed by atoms with Crippen LogP contribution in [-0.4, -0.2) is 146 Å². The van der Waals surface area contributed by atoms with Crippen LogP contribution in [0.4, 0.5) is 0 Å². The van der Waals surface area contributed by atoms with E-state index in [4.69, 9.17) is 56.2 Å². The van der Waals surface area contributed by atoms with Gasteiger partial charge in [-0.2, -0.15) is 0 Å². The molecule has 20 unspecified atom stereocenters. The molecular formula is C60H102O14Si2. The zero-order chi connectivity index (χ0) is 56.1. The molecule has 16 heteroatoms. The molecule has 0 aromatic rings. The average Bonchev–Trinajstić information content (AvgIpc) is 3.67. The largest absolute Gasteiger partial charge is 0.462 e. The van der Waals surface area contributed by atoms with Crippen molar-refractivity contribution in [2.24, 2.45) is 23.7 Å². The van der Waals surface area contributed by atoms with Crippen molar-refractivity contribution in [3.63, 3.8) is 0 Å². The van der Waals surface area contributed by atoms with Crippen molar-refractivity contribution in [3.05, 3.63) is 47.1 Å². The number of methoxy groups -OCH3 is 2. The predicted molar refractivity (Wildman–Crippen MR) is 300 cm³/mol. The van der Waals surface area contributed by atoms with Gasteiger partial charge in [-0.15, -0.1) is 0 Å². The minimum atomic E-state index is -2.37. The summed E-state index contributed by atoms with van der Waals surface area (Å²) in [6, 6.07) is 0. The topological polar surface area (TPSA) is 148 Å². The molecule has 7 rings (SSSR count). The summed E-state index contributed by atoms with van der Waals surface area (Å²) in [6.45, 7) is 39.4. The van der Waals surface area contributed by atoms with E-state index >= 15 is 0 Å². The highest BCUT2D eigenvalue weighted by Crippen LogP contribution is 2.51. The van der Waals surface area contributed by atoms with Crippen LogP contribution in [0.3, 0.4) is 0 Å². The van der Waals surface area contributed by atoms with Crippen LogP contribution >= 0.6 is 0 Å². The maximum atomic E-state index is 14.9. The number of carbonyl (C=O) groups is 1. The van der Waals surface area contributed by atoms with E-state index < -0.39 is 89.1 Å². The summed E-state index contributed by atoms with van der Waals surface area (Å²) < 4.78 is 80.9. The SMILES string of the molecule is CCC(C)C1OC2(CCC1C)CC1CC(CC=C(C)C(OC3CC(OC)C(OC4CC(OC)C(O[Si](C)(C)C(C)(C)C)C(C)O4)C(C)O3)C(C)C=CC=C3COC4C(O[Si](C)(C)C(C)(C)C)C(C)=CC(C(=O)O1)C34O)O2. The van der Waals surface area contributed by atoms with Crippen LogP contribution in [0.2, 0.25) is 36.3 Å². The minimum Gasteiger partial charge on any atom is -0.462 e. The molecule has 0 aromatic carbocycles. The number of fused-ring (bicyclic) bond motifs is 2. The van der Waals surface area contributed by atoms with Gasteiger partial charge in [-0.05, 0) is 105 Å². The first-order valence-corrected chi connectivity index (χ1v) is 34.8. The molecule has 6 aliphatic heterocycles. The maximum absolute atomic E-state index is 14.9. The lowest BCUT2D eigenvalue weighted by Crippen LogP contribution is -2.60. The molecule has 0 saturated carbocycles. The van der Waals surface area contributed by atoms with E-state index in [-0.39, 0.29) is 59.2 Å². The van der Waals surface area contributed by atoms with Gasteiger partial charge in [0.2, 0.25) is 0 Å². The van der Waals surface area contributed by atoms with E-state index in [1.807, 2.05) is 39.0 Å². The van der Waals surface area contributed by atoms with Crippen molar-refractivity contribution in [3.8, 4) is 0 Å². The van der Waals surface area contributed by atoms with Crippen LogP contribution < -0.4 is 0 Å². The van der Waals surface area contributed by atoms with E-state index in [1.165, 1.54) is 0 Å². The Hall–Kier alpha value is -1.62. The molecule has 1 N–H and O–H groups in total. The van der Waals surface area contributed by atoms with Gasteiger partial charge < -0.3 is 61.3 Å². The zero-order valence-electron chi connectivity index (χ0n) is 50.4. The maximum Gasteiger partial charge on any atom is 0.316 e. The summed E-state index contributed by atoms with van der Waals surface area (Å²) in [5.74, 6) is -1.92. The molecule has 0 amide bonds. The summed E-state index contributed by atoms with van der Waals surface area (Å²) in [6.07, 6.45) is 9.35. The smallest absolute Gasteiger partial charge is 0.316 e. The third-order valence-electron chi connectivity index (χ3n) is 19.3. The number of hydrogen-bond acceptors (Lipinski definition) is 14. The molecule has 434 valence electrons. The Morgan fingerprint density at radius 2 is 1.41 bits per heavy atom. The first kappa shape index (κ1) is 62.0. The standard InChI is InChI=1S/C60H102O14Si2/c1-21-35(2)51-38(5)27-28-59(72-51)33-44-30-43(71-59)26-25-37(4)50(36(3)23-22-24-42-34-65-55-52(73-75(17,18)57(9,10)11)39(6)29-45(56(61)68-44)60(42,55)62)69-48-31-46(63-15)53(40(7)66-48)70-49-32-47(64-16)54(41(8)67-49)74-76(19,20)58(12,13)14/h22-25,29,35-36,38,40-41,43-55,62H,21,26-28,30-34H2,1-20H3. The van der Waals surface area contributed by atoms with E-state index in [9.17, 15) is 9.90 Å². The first-order chi connectivity index (χ1) is 35.4. The summed E-state index contributed by atoms with van der Waals surface area (Å²) in [5, 5.41) is 13.2. The second-order valence-corrected chi connectivity index (χ2v) is 36.6. The number of hydrogen-bond donors (Lipinski definition) is 1. The number of ether oxygens (including phenoxy) is 10. The molecular weight excluding hydrogens is 1000 g/mol. The second-order valence-electron chi connectivity index (χ2n) is 27.1. The van der Waals surface area contributed by atoms with Crippen molar-refractivity contribution >= 4 is 22.6 Å². The van der Waals surface area contributed by atoms with Crippen LogP contribution in [0.5, 0.6) is 0 Å². The van der Waals surface area contributed by atoms with E-state index in [0.29, 0.717) is 55.9 Å². The lowest BCUT2D eigenvalue weighted by atomic mass is 9.71. The van der Waals surface area contributed by atoms with Crippen LogP contribution in [0.1, 0.15) is 148 Å². The van der Waals surface area contributed by atoms with Gasteiger partial charge in [0.15, 0.2) is 35.0 Å². The van der Waals surface area contributed by atoms with E-state index in [0.717, 1.165) is 24.0 Å². The van der Waals surface area contributed by atoms with Crippen molar-refractivity contribution in [1.82, 2.24) is 0 Å². The Kier molecular flexibility index (Phi) is 19.6. The Bertz CT molecular complexity index is 2110. The fraction of sp³-hybridized carbons (Fsp3) is 0.850. The molecule has 1 aliphatic carbocycles. The van der Waals surface area contributed by atoms with Gasteiger partial charge >= 0.3 is 5.97 Å². The van der Waals surface area contributed by atoms with Crippen LogP contribution in [0, 0.1) is 23.7 Å². The molecule has 20 atom stereocenters. The molecule has 6 heterocycles. The molecule has 2 bridgehead atoms. The Labute approximate surface area is 460 Å². The summed E-state index contributed by atoms with van der Waals surface area (Å²) >= 11 is 0. The zero-order valence-corrected chi connectivity index (χ0v) is 52.4. The highest BCUT2D eigenvalue weighted by Gasteiger charge is 2.62. The molecule has 14 nitrogen and oxygen atoms in total. The Morgan fingerprint density at radius 1 is 0.803 bits per heavy atom. The van der Waals surface area contributed by atoms with Gasteiger partial charge in [-0.25, -0.2) is 0 Å². The monoisotopic (exact) mass is 1100 g/mol. The number of aliphatic hydroxyl groups is 1. The fourth-order valence-corrected chi connectivity index (χ4v) is 14.9. The molecule has 5 fully saturated rings. The number of allylic oxidation sites excluding steroid dienone is 2. The third kappa shape index (κ3) is 13.2. The second kappa shape index (κ2) is 24.1. The molecule has 0 radical (unpaired) electrons. The van der Waals surface area contributed by atoms with Gasteiger partial charge in [-0.3, -0.25) is 4.79 Å². The normalized spacial score (nSPS) is 41.7. The van der Waals surface area contributed by atoms with Crippen molar-refractivity contribution < 1.29 is 66.1 Å². The summed E-state index contributed by atoms with van der Waals surface area (Å²) in [5.41, 5.74) is 0.736. The van der Waals surface area contributed by atoms with Crippen LogP contribution in [-0.2, 0) is 61.0 Å². The summed E-state index contributed by atoms with van der Waals surface area (Å²) in [7, 11) is -1.04. The van der Waals surface area contributed by atoms with E-state index in [2.05, 4.69) is 115 Å². The lowest BCUT2D eigenvalue weighted by Gasteiger charge is -2.51. The van der Waals surface area contributed by atoms with Gasteiger partial charge in [0.25, 0.3) is 0 Å². The molecule has 7 aliphatic rings. The molecule has 1 spiro atoms. The average molecular weight is 1100 g/mol. The Balaban J connectivity index is 1.18. The highest BCUT2D eigenvalue weighted by molar-refractivity contribution is 6.74. The van der Waals surface area contributed by atoms with Gasteiger partial charge in [0, 0.05) is 52.2 Å². The summed E-state index contributed by atoms with van der Waals surface area (Å²) in [4.78, 5) is 14.9. The predicted octanol–water partition coefficient (Wildman–Crippen LogP) is 11.7. The molecule has 0 aromatic heterocycles. The number of rotatable bonds is 12. The molecule has 76 heavy (non-hydrogen) atoms. The Morgan fingerprint density at radius 3 is 2.03 bits per heavy atom. The third-order valence-corrected chi connectivity index (χ3v) is 28.3. The van der Waals surface area contributed by atoms with Gasteiger partial charge in [0.1, 0.15) is 29.8 Å². The van der Waals surface area contributed by atoms with Crippen LogP contribution in [0.15, 0.2) is 47.1 Å². The van der Waals surface area contributed by atoms with Gasteiger partial charge in [-0.1, -0.05) is 106 Å². The van der Waals surface area contributed by atoms with Crippen LogP contribution in [0.25, 0.3) is 0 Å². The van der Waals surface area contributed by atoms with Crippen molar-refractivity contribution in [1.29, 1.82) is 0 Å². The van der Waals surface area contributed by atoms with Crippen molar-refractivity contribution in [2.45, 2.75) is 282 Å². The van der Waals surface area contributed by atoms with E-state index in [1.54, 1.807) is 14.2 Å². The number of esters is 1. The lowest BCUT2D eigenvalue weighted by molar-refractivity contribution is -0.340.